The lowest BCUT2D eigenvalue weighted by Gasteiger charge is -2.21. The molecule has 4 heteroatoms. The van der Waals surface area contributed by atoms with E-state index in [-0.39, 0.29) is 11.4 Å². The van der Waals surface area contributed by atoms with Gasteiger partial charge in [0.1, 0.15) is 18.8 Å². The molecule has 0 radical (unpaired) electrons. The first kappa shape index (κ1) is 12.6. The summed E-state index contributed by atoms with van der Waals surface area (Å²) >= 11 is 0. The molecule has 0 aliphatic carbocycles. The summed E-state index contributed by atoms with van der Waals surface area (Å²) in [5, 5.41) is 11.4. The lowest BCUT2D eigenvalue weighted by molar-refractivity contribution is -0.588. The van der Waals surface area contributed by atoms with Gasteiger partial charge in [-0.15, -0.1) is 0 Å². The number of anilines is 1. The minimum absolute atomic E-state index is 0.223. The highest BCUT2D eigenvalue weighted by Gasteiger charge is 2.38. The maximum atomic E-state index is 11.4. The number of carboxylic acids is 1. The first-order valence-corrected chi connectivity index (χ1v) is 6.10. The van der Waals surface area contributed by atoms with Crippen molar-refractivity contribution in [3.63, 3.8) is 0 Å². The molecule has 0 fully saturated rings. The minimum Gasteiger partial charge on any atom is -0.538 e. The second kappa shape index (κ2) is 4.44. The number of benzene rings is 1. The molecule has 0 saturated carbocycles. The standard InChI is InChI=1S/C14H18N2O2/c1-14(2,3)16-10-9-15(12(16)13(17)18)11-7-5-4-6-8-11/h4-8H,9-10H2,1-3H3. The predicted octanol–water partition coefficient (Wildman–Crippen LogP) is 0.466. The zero-order valence-electron chi connectivity index (χ0n) is 11.0. The van der Waals surface area contributed by atoms with Gasteiger partial charge in [-0.3, -0.25) is 4.58 Å². The van der Waals surface area contributed by atoms with Crippen LogP contribution in [0.15, 0.2) is 30.3 Å². The molecule has 0 bridgehead atoms. The monoisotopic (exact) mass is 246 g/mol. The van der Waals surface area contributed by atoms with E-state index in [1.165, 1.54) is 0 Å². The number of amidine groups is 1. The molecule has 96 valence electrons. The van der Waals surface area contributed by atoms with Crippen molar-refractivity contribution in [2.45, 2.75) is 26.3 Å². The summed E-state index contributed by atoms with van der Waals surface area (Å²) in [4.78, 5) is 13.2. The smallest absolute Gasteiger partial charge is 0.301 e. The van der Waals surface area contributed by atoms with Crippen molar-refractivity contribution in [1.29, 1.82) is 0 Å². The number of rotatable bonds is 2. The zero-order chi connectivity index (χ0) is 13.3. The van der Waals surface area contributed by atoms with E-state index in [2.05, 4.69) is 0 Å². The van der Waals surface area contributed by atoms with Gasteiger partial charge in [0.05, 0.1) is 5.54 Å². The second-order valence-electron chi connectivity index (χ2n) is 5.42. The molecule has 0 atom stereocenters. The number of hydrogen-bond acceptors (Lipinski definition) is 3. The van der Waals surface area contributed by atoms with E-state index < -0.39 is 5.97 Å². The number of carbonyl (C=O) groups excluding carboxylic acids is 1. The maximum absolute atomic E-state index is 11.4. The normalized spacial score (nSPS) is 16.3. The highest BCUT2D eigenvalue weighted by atomic mass is 16.4. The van der Waals surface area contributed by atoms with Gasteiger partial charge in [0.2, 0.25) is 0 Å². The Kier molecular flexibility index (Phi) is 3.11. The molecular weight excluding hydrogens is 228 g/mol. The van der Waals surface area contributed by atoms with Crippen molar-refractivity contribution in [3.8, 4) is 0 Å². The molecule has 1 aromatic rings. The molecular formula is C14H18N2O2. The number of hydrogen-bond donors (Lipinski definition) is 0. The van der Waals surface area contributed by atoms with Crippen LogP contribution in [0.1, 0.15) is 20.8 Å². The highest BCUT2D eigenvalue weighted by molar-refractivity contribution is 6.37. The fourth-order valence-electron chi connectivity index (χ4n) is 2.29. The maximum Gasteiger partial charge on any atom is 0.301 e. The Labute approximate surface area is 107 Å². The summed E-state index contributed by atoms with van der Waals surface area (Å²) < 4.78 is 1.88. The number of carboxylic acid groups (broad SMARTS) is 1. The summed E-state index contributed by atoms with van der Waals surface area (Å²) in [7, 11) is 0. The van der Waals surface area contributed by atoms with Crippen LogP contribution in [0.25, 0.3) is 0 Å². The minimum atomic E-state index is -1.12. The van der Waals surface area contributed by atoms with Gasteiger partial charge in [0.15, 0.2) is 5.97 Å². The van der Waals surface area contributed by atoms with E-state index in [9.17, 15) is 9.90 Å². The van der Waals surface area contributed by atoms with Crippen LogP contribution in [0.3, 0.4) is 0 Å². The van der Waals surface area contributed by atoms with Gasteiger partial charge in [-0.25, -0.2) is 4.90 Å². The zero-order valence-corrected chi connectivity index (χ0v) is 11.0. The van der Waals surface area contributed by atoms with Gasteiger partial charge in [-0.2, -0.15) is 0 Å². The third kappa shape index (κ3) is 2.23. The molecule has 0 amide bonds. The fraction of sp³-hybridized carbons (Fsp3) is 0.429. The Morgan fingerprint density at radius 2 is 1.89 bits per heavy atom. The van der Waals surface area contributed by atoms with Crippen molar-refractivity contribution < 1.29 is 14.5 Å². The van der Waals surface area contributed by atoms with Crippen LogP contribution in [-0.4, -0.2) is 35.0 Å². The molecule has 1 aromatic carbocycles. The molecule has 0 N–H and O–H groups in total. The summed E-state index contributed by atoms with van der Waals surface area (Å²) in [5.41, 5.74) is 0.669. The topological polar surface area (TPSA) is 46.4 Å². The van der Waals surface area contributed by atoms with Crippen molar-refractivity contribution in [2.24, 2.45) is 0 Å². The number of carbonyl (C=O) groups is 1. The van der Waals surface area contributed by atoms with Crippen LogP contribution in [0.5, 0.6) is 0 Å². The Morgan fingerprint density at radius 1 is 1.28 bits per heavy atom. The van der Waals surface area contributed by atoms with Crippen LogP contribution in [0, 0.1) is 0 Å². The molecule has 2 rings (SSSR count). The second-order valence-corrected chi connectivity index (χ2v) is 5.42. The molecule has 0 saturated heterocycles. The van der Waals surface area contributed by atoms with Gasteiger partial charge in [0, 0.05) is 0 Å². The molecule has 1 aliphatic rings. The summed E-state index contributed by atoms with van der Waals surface area (Å²) in [6.07, 6.45) is 0. The SMILES string of the molecule is CC(C)(C)[N+]1=C(C(=O)[O-])N(c2ccccc2)CC1. The van der Waals surface area contributed by atoms with Crippen LogP contribution < -0.4 is 10.0 Å². The molecule has 0 spiro atoms. The van der Waals surface area contributed by atoms with E-state index in [1.54, 1.807) is 4.90 Å². The van der Waals surface area contributed by atoms with Gasteiger partial charge < -0.3 is 9.90 Å². The van der Waals surface area contributed by atoms with E-state index in [0.29, 0.717) is 13.1 Å². The van der Waals surface area contributed by atoms with E-state index in [0.717, 1.165) is 5.69 Å². The molecule has 18 heavy (non-hydrogen) atoms. The first-order chi connectivity index (χ1) is 8.41. The van der Waals surface area contributed by atoms with Gasteiger partial charge in [-0.05, 0) is 32.9 Å². The third-order valence-electron chi connectivity index (χ3n) is 3.12. The van der Waals surface area contributed by atoms with Crippen LogP contribution in [-0.2, 0) is 4.79 Å². The van der Waals surface area contributed by atoms with Gasteiger partial charge in [0.25, 0.3) is 0 Å². The molecule has 1 heterocycles. The van der Waals surface area contributed by atoms with Crippen LogP contribution in [0.2, 0.25) is 0 Å². The van der Waals surface area contributed by atoms with Crippen molar-refractivity contribution >= 4 is 17.5 Å². The summed E-state index contributed by atoms with van der Waals surface area (Å²) in [6.45, 7) is 7.38. The molecule has 1 aliphatic heterocycles. The Bertz CT molecular complexity index is 486. The van der Waals surface area contributed by atoms with E-state index in [1.807, 2.05) is 55.7 Å². The molecule has 4 nitrogen and oxygen atoms in total. The van der Waals surface area contributed by atoms with Gasteiger partial charge >= 0.3 is 5.84 Å². The lowest BCUT2D eigenvalue weighted by atomic mass is 10.1. The highest BCUT2D eigenvalue weighted by Crippen LogP contribution is 2.20. The quantitative estimate of drug-likeness (QED) is 0.712. The third-order valence-corrected chi connectivity index (χ3v) is 3.12. The number of para-hydroxylation sites is 1. The van der Waals surface area contributed by atoms with E-state index in [4.69, 9.17) is 0 Å². The van der Waals surface area contributed by atoms with Crippen molar-refractivity contribution in [3.05, 3.63) is 30.3 Å². The molecule has 0 aromatic heterocycles. The Morgan fingerprint density at radius 3 is 2.39 bits per heavy atom. The average molecular weight is 246 g/mol. The van der Waals surface area contributed by atoms with Gasteiger partial charge in [-0.1, -0.05) is 18.2 Å². The fourth-order valence-corrected chi connectivity index (χ4v) is 2.29. The predicted molar refractivity (Wildman–Crippen MR) is 68.7 cm³/mol. The van der Waals surface area contributed by atoms with Crippen LogP contribution >= 0.6 is 0 Å². The first-order valence-electron chi connectivity index (χ1n) is 6.10. The largest absolute Gasteiger partial charge is 0.538 e. The summed E-state index contributed by atoms with van der Waals surface area (Å²) in [6, 6.07) is 9.55. The number of aliphatic carboxylic acids is 1. The average Bonchev–Trinajstić information content (AvgIpc) is 2.74. The molecule has 0 unspecified atom stereocenters. The summed E-state index contributed by atoms with van der Waals surface area (Å²) in [5.74, 6) is -0.861. The Hall–Kier alpha value is -1.84. The van der Waals surface area contributed by atoms with Crippen molar-refractivity contribution in [2.75, 3.05) is 18.0 Å². The van der Waals surface area contributed by atoms with Crippen molar-refractivity contribution in [1.82, 2.24) is 0 Å². The number of nitrogens with zero attached hydrogens (tertiary/aromatic N) is 2. The van der Waals surface area contributed by atoms with Crippen LogP contribution in [0.4, 0.5) is 5.69 Å². The lowest BCUT2D eigenvalue weighted by Crippen LogP contribution is -2.47. The van der Waals surface area contributed by atoms with E-state index >= 15 is 0 Å². The Balaban J connectivity index is 2.47.